The number of nitrogens with zero attached hydrogens (tertiary/aromatic N) is 2. The first-order valence-electron chi connectivity index (χ1n) is 3.94. The molecule has 1 aromatic heterocycles. The minimum absolute atomic E-state index is 0.184. The molecule has 0 saturated carbocycles. The molecule has 2 rings (SSSR count). The van der Waals surface area contributed by atoms with Gasteiger partial charge < -0.3 is 15.7 Å². The van der Waals surface area contributed by atoms with Crippen molar-refractivity contribution in [1.29, 1.82) is 0 Å². The third kappa shape index (κ3) is 1.25. The molecule has 0 radical (unpaired) electrons. The van der Waals surface area contributed by atoms with E-state index in [1.807, 2.05) is 0 Å². The maximum absolute atomic E-state index is 11.5. The average molecular weight is 182 g/mol. The molecular formula is C7H10N4O2. The van der Waals surface area contributed by atoms with Gasteiger partial charge in [0.2, 0.25) is 0 Å². The summed E-state index contributed by atoms with van der Waals surface area (Å²) in [7, 11) is 0. The van der Waals surface area contributed by atoms with Gasteiger partial charge in [-0.3, -0.25) is 9.89 Å². The van der Waals surface area contributed by atoms with Gasteiger partial charge >= 0.3 is 0 Å². The number of hydrogen-bond donors (Lipinski definition) is 3. The summed E-state index contributed by atoms with van der Waals surface area (Å²) in [5.41, 5.74) is 5.83. The van der Waals surface area contributed by atoms with E-state index < -0.39 is 6.10 Å². The molecule has 1 amide bonds. The Labute approximate surface area is 74.3 Å². The molecule has 0 aromatic carbocycles. The summed E-state index contributed by atoms with van der Waals surface area (Å²) in [5, 5.41) is 15.1. The third-order valence-corrected chi connectivity index (χ3v) is 2.05. The quantitative estimate of drug-likeness (QED) is 0.508. The Balaban J connectivity index is 2.10. The Kier molecular flexibility index (Phi) is 1.70. The minimum Gasteiger partial charge on any atom is -0.389 e. The number of likely N-dealkylation sites (tertiary alicyclic amines) is 1. The monoisotopic (exact) mass is 182 g/mol. The number of β-amino-alcohol motifs (C(OH)–C–C–N with tert-alkyl or cyclic N) is 1. The summed E-state index contributed by atoms with van der Waals surface area (Å²) in [4.78, 5) is 13.0. The zero-order valence-corrected chi connectivity index (χ0v) is 6.90. The lowest BCUT2D eigenvalue weighted by Crippen LogP contribution is -2.53. The predicted molar refractivity (Wildman–Crippen MR) is 44.9 cm³/mol. The summed E-state index contributed by atoms with van der Waals surface area (Å²) in [6.07, 6.45) is 1.000. The molecule has 70 valence electrons. The standard InChI is InChI=1S/C7H10N4O2/c8-6-5(1-9-10-6)7(13)11-2-4(12)3-11/h1,4,12H,2-3H2,(H3,8,9,10). The number of anilines is 1. The van der Waals surface area contributed by atoms with Crippen molar-refractivity contribution in [2.24, 2.45) is 0 Å². The van der Waals surface area contributed by atoms with Gasteiger partial charge in [0.15, 0.2) is 0 Å². The number of aromatic amines is 1. The van der Waals surface area contributed by atoms with Gasteiger partial charge in [-0.2, -0.15) is 5.10 Å². The normalized spacial score (nSPS) is 17.2. The summed E-state index contributed by atoms with van der Waals surface area (Å²) < 4.78 is 0. The fourth-order valence-electron chi connectivity index (χ4n) is 1.26. The van der Waals surface area contributed by atoms with Crippen LogP contribution in [0.15, 0.2) is 6.20 Å². The van der Waals surface area contributed by atoms with Gasteiger partial charge in [-0.1, -0.05) is 0 Å². The molecule has 0 unspecified atom stereocenters. The predicted octanol–water partition coefficient (Wildman–Crippen LogP) is -1.19. The van der Waals surface area contributed by atoms with Crippen LogP contribution in [0.4, 0.5) is 5.82 Å². The minimum atomic E-state index is -0.392. The molecule has 0 aliphatic carbocycles. The summed E-state index contributed by atoms with van der Waals surface area (Å²) in [5.74, 6) is 0.0861. The highest BCUT2D eigenvalue weighted by Crippen LogP contribution is 2.15. The number of aromatic nitrogens is 2. The van der Waals surface area contributed by atoms with Crippen LogP contribution < -0.4 is 5.73 Å². The zero-order chi connectivity index (χ0) is 9.42. The molecule has 0 spiro atoms. The number of carbonyl (C=O) groups is 1. The van der Waals surface area contributed by atoms with Crippen molar-refractivity contribution in [3.63, 3.8) is 0 Å². The van der Waals surface area contributed by atoms with Gasteiger partial charge in [-0.25, -0.2) is 0 Å². The Morgan fingerprint density at radius 1 is 1.77 bits per heavy atom. The number of aliphatic hydroxyl groups excluding tert-OH is 1. The highest BCUT2D eigenvalue weighted by atomic mass is 16.3. The molecule has 1 aliphatic rings. The number of aliphatic hydroxyl groups is 1. The molecule has 2 heterocycles. The van der Waals surface area contributed by atoms with E-state index in [0.29, 0.717) is 18.7 Å². The first-order valence-corrected chi connectivity index (χ1v) is 3.94. The van der Waals surface area contributed by atoms with Crippen molar-refractivity contribution < 1.29 is 9.90 Å². The smallest absolute Gasteiger partial charge is 0.259 e. The SMILES string of the molecule is Nc1[nH]ncc1C(=O)N1CC(O)C1. The van der Waals surface area contributed by atoms with Gasteiger partial charge in [0.1, 0.15) is 11.4 Å². The Morgan fingerprint density at radius 3 is 2.92 bits per heavy atom. The summed E-state index contributed by atoms with van der Waals surface area (Å²) >= 11 is 0. The van der Waals surface area contributed by atoms with Crippen LogP contribution >= 0.6 is 0 Å². The van der Waals surface area contributed by atoms with E-state index in [1.54, 1.807) is 0 Å². The van der Waals surface area contributed by atoms with Crippen molar-refractivity contribution in [2.45, 2.75) is 6.10 Å². The highest BCUT2D eigenvalue weighted by molar-refractivity contribution is 5.98. The fraction of sp³-hybridized carbons (Fsp3) is 0.429. The number of nitrogen functional groups attached to an aromatic ring is 1. The van der Waals surface area contributed by atoms with Crippen LogP contribution in [0.5, 0.6) is 0 Å². The highest BCUT2D eigenvalue weighted by Gasteiger charge is 2.30. The second-order valence-electron chi connectivity index (χ2n) is 3.06. The van der Waals surface area contributed by atoms with E-state index in [2.05, 4.69) is 10.2 Å². The number of nitrogens with two attached hydrogens (primary N) is 1. The number of carbonyl (C=O) groups excluding carboxylic acids is 1. The molecule has 13 heavy (non-hydrogen) atoms. The van der Waals surface area contributed by atoms with Crippen LogP contribution in [-0.2, 0) is 0 Å². The van der Waals surface area contributed by atoms with Gasteiger partial charge in [0.05, 0.1) is 12.3 Å². The lowest BCUT2D eigenvalue weighted by atomic mass is 10.1. The molecule has 1 aromatic rings. The molecule has 6 nitrogen and oxygen atoms in total. The van der Waals surface area contributed by atoms with E-state index in [9.17, 15) is 4.79 Å². The molecule has 1 fully saturated rings. The first-order chi connectivity index (χ1) is 6.18. The number of nitrogens with one attached hydrogen (secondary N) is 1. The van der Waals surface area contributed by atoms with Gasteiger partial charge in [-0.05, 0) is 0 Å². The van der Waals surface area contributed by atoms with Crippen LogP contribution in [0, 0.1) is 0 Å². The van der Waals surface area contributed by atoms with Gasteiger partial charge in [0.25, 0.3) is 5.91 Å². The van der Waals surface area contributed by atoms with Crippen LogP contribution in [0.25, 0.3) is 0 Å². The van der Waals surface area contributed by atoms with Crippen molar-refractivity contribution in [1.82, 2.24) is 15.1 Å². The van der Waals surface area contributed by atoms with E-state index in [1.165, 1.54) is 11.1 Å². The second kappa shape index (κ2) is 2.74. The van der Waals surface area contributed by atoms with Crippen LogP contribution in [-0.4, -0.2) is 45.3 Å². The maximum atomic E-state index is 11.5. The molecule has 6 heteroatoms. The van der Waals surface area contributed by atoms with E-state index in [-0.39, 0.29) is 11.7 Å². The van der Waals surface area contributed by atoms with Gasteiger partial charge in [0, 0.05) is 13.1 Å². The van der Waals surface area contributed by atoms with Crippen molar-refractivity contribution >= 4 is 11.7 Å². The van der Waals surface area contributed by atoms with E-state index in [0.717, 1.165) is 0 Å². The second-order valence-corrected chi connectivity index (χ2v) is 3.06. The molecular weight excluding hydrogens is 172 g/mol. The maximum Gasteiger partial charge on any atom is 0.259 e. The first kappa shape index (κ1) is 8.06. The van der Waals surface area contributed by atoms with Crippen molar-refractivity contribution in [2.75, 3.05) is 18.8 Å². The number of H-pyrrole nitrogens is 1. The molecule has 0 atom stereocenters. The zero-order valence-electron chi connectivity index (χ0n) is 6.90. The lowest BCUT2D eigenvalue weighted by molar-refractivity contribution is 0.00596. The summed E-state index contributed by atoms with van der Waals surface area (Å²) in [6.45, 7) is 0.757. The van der Waals surface area contributed by atoms with Crippen molar-refractivity contribution in [3.05, 3.63) is 11.8 Å². The summed E-state index contributed by atoms with van der Waals surface area (Å²) in [6, 6.07) is 0. The van der Waals surface area contributed by atoms with E-state index >= 15 is 0 Å². The van der Waals surface area contributed by atoms with Crippen LogP contribution in [0.2, 0.25) is 0 Å². The molecule has 4 N–H and O–H groups in total. The van der Waals surface area contributed by atoms with Crippen LogP contribution in [0.1, 0.15) is 10.4 Å². The lowest BCUT2D eigenvalue weighted by Gasteiger charge is -2.35. The number of rotatable bonds is 1. The van der Waals surface area contributed by atoms with E-state index in [4.69, 9.17) is 10.8 Å². The van der Waals surface area contributed by atoms with Crippen LogP contribution in [0.3, 0.4) is 0 Å². The molecule has 1 aliphatic heterocycles. The van der Waals surface area contributed by atoms with Gasteiger partial charge in [-0.15, -0.1) is 0 Å². The Bertz CT molecular complexity index is 329. The number of amides is 1. The van der Waals surface area contributed by atoms with Crippen molar-refractivity contribution in [3.8, 4) is 0 Å². The fourth-order valence-corrected chi connectivity index (χ4v) is 1.26. The molecule has 0 bridgehead atoms. The average Bonchev–Trinajstić information content (AvgIpc) is 2.44. The Hall–Kier alpha value is -1.56. The third-order valence-electron chi connectivity index (χ3n) is 2.05. The Morgan fingerprint density at radius 2 is 2.46 bits per heavy atom. The number of hydrogen-bond acceptors (Lipinski definition) is 4. The largest absolute Gasteiger partial charge is 0.389 e. The topological polar surface area (TPSA) is 95.2 Å². The molecule has 1 saturated heterocycles.